The lowest BCUT2D eigenvalue weighted by Gasteiger charge is -2.13. The largest absolute Gasteiger partial charge is 0.416 e. The van der Waals surface area contributed by atoms with E-state index in [0.717, 1.165) is 11.6 Å². The summed E-state index contributed by atoms with van der Waals surface area (Å²) in [6.45, 7) is 0. The average Bonchev–Trinajstić information content (AvgIpc) is 2.53. The summed E-state index contributed by atoms with van der Waals surface area (Å²) in [7, 11) is -2.25. The minimum absolute atomic E-state index is 0.0938. The van der Waals surface area contributed by atoms with Gasteiger partial charge in [0, 0.05) is 4.47 Å². The van der Waals surface area contributed by atoms with Crippen LogP contribution in [0.1, 0.15) is 16.7 Å². The molecular weight excluding hydrogens is 407 g/mol. The van der Waals surface area contributed by atoms with Gasteiger partial charge in [0.15, 0.2) is 0 Å². The highest BCUT2D eigenvalue weighted by Gasteiger charge is 2.32. The monoisotopic (exact) mass is 421 g/mol. The average molecular weight is 422 g/mol. The van der Waals surface area contributed by atoms with Crippen molar-refractivity contribution in [3.8, 4) is 0 Å². The molecule has 24 heavy (non-hydrogen) atoms. The van der Waals surface area contributed by atoms with Crippen molar-refractivity contribution in [1.82, 2.24) is 4.72 Å². The molecule has 0 saturated heterocycles. The molecule has 0 heterocycles. The first-order valence-corrected chi connectivity index (χ1v) is 9.30. The van der Waals surface area contributed by atoms with Crippen molar-refractivity contribution >= 4 is 26.0 Å². The maximum atomic E-state index is 13.0. The molecule has 0 unspecified atom stereocenters. The van der Waals surface area contributed by atoms with Gasteiger partial charge in [-0.1, -0.05) is 40.2 Å². The van der Waals surface area contributed by atoms with Gasteiger partial charge < -0.3 is 0 Å². The van der Waals surface area contributed by atoms with Crippen LogP contribution in [0.25, 0.3) is 0 Å². The standard InChI is InChI=1S/C16H15BrF3NO2S/c1-21-24(22,23)13-9-8-12(15(17)10-13)7-6-11-4-2-3-5-14(11)16(18,19)20/h2-5,8-10,21H,6-7H2,1H3. The molecule has 8 heteroatoms. The maximum absolute atomic E-state index is 13.0. The number of sulfonamides is 1. The quantitative estimate of drug-likeness (QED) is 0.787. The molecule has 0 aromatic heterocycles. The van der Waals surface area contributed by atoms with Gasteiger partial charge in [0.05, 0.1) is 10.5 Å². The van der Waals surface area contributed by atoms with Gasteiger partial charge in [-0.25, -0.2) is 13.1 Å². The summed E-state index contributed by atoms with van der Waals surface area (Å²) in [4.78, 5) is 0.0938. The fourth-order valence-corrected chi connectivity index (χ4v) is 3.78. The van der Waals surface area contributed by atoms with Gasteiger partial charge in [0.2, 0.25) is 10.0 Å². The van der Waals surface area contributed by atoms with Crippen LogP contribution >= 0.6 is 15.9 Å². The molecule has 0 aliphatic rings. The second kappa shape index (κ2) is 7.25. The van der Waals surface area contributed by atoms with Gasteiger partial charge in [-0.3, -0.25) is 0 Å². The first-order chi connectivity index (χ1) is 11.1. The summed E-state index contributed by atoms with van der Waals surface area (Å²) in [5.74, 6) is 0. The Morgan fingerprint density at radius 3 is 2.25 bits per heavy atom. The van der Waals surface area contributed by atoms with Gasteiger partial charge in [0.25, 0.3) is 0 Å². The van der Waals surface area contributed by atoms with Crippen LogP contribution in [-0.4, -0.2) is 15.5 Å². The predicted molar refractivity (Wildman–Crippen MR) is 89.2 cm³/mol. The fraction of sp³-hybridized carbons (Fsp3) is 0.250. The van der Waals surface area contributed by atoms with Crippen molar-refractivity contribution in [1.29, 1.82) is 0 Å². The number of rotatable bonds is 5. The molecule has 0 aliphatic heterocycles. The minimum Gasteiger partial charge on any atom is -0.214 e. The Morgan fingerprint density at radius 1 is 1.04 bits per heavy atom. The molecule has 0 atom stereocenters. The van der Waals surface area contributed by atoms with E-state index >= 15 is 0 Å². The Hall–Kier alpha value is -1.38. The van der Waals surface area contributed by atoms with Gasteiger partial charge in [-0.2, -0.15) is 13.2 Å². The highest BCUT2D eigenvalue weighted by molar-refractivity contribution is 9.10. The van der Waals surface area contributed by atoms with E-state index < -0.39 is 21.8 Å². The van der Waals surface area contributed by atoms with E-state index in [-0.39, 0.29) is 16.9 Å². The summed E-state index contributed by atoms with van der Waals surface area (Å²) in [5, 5.41) is 0. The normalized spacial score (nSPS) is 12.4. The first kappa shape index (κ1) is 19.0. The van der Waals surface area contributed by atoms with Crippen molar-refractivity contribution in [2.24, 2.45) is 0 Å². The van der Waals surface area contributed by atoms with Crippen LogP contribution < -0.4 is 4.72 Å². The number of aryl methyl sites for hydroxylation is 2. The van der Waals surface area contributed by atoms with Crippen LogP contribution in [0.4, 0.5) is 13.2 Å². The molecule has 0 bridgehead atoms. The zero-order valence-electron chi connectivity index (χ0n) is 12.7. The number of alkyl halides is 3. The summed E-state index contributed by atoms with van der Waals surface area (Å²) >= 11 is 3.29. The summed E-state index contributed by atoms with van der Waals surface area (Å²) < 4.78 is 65.2. The number of hydrogen-bond donors (Lipinski definition) is 1. The Kier molecular flexibility index (Phi) is 5.72. The Bertz CT molecular complexity index is 835. The molecule has 0 spiro atoms. The number of nitrogens with one attached hydrogen (secondary N) is 1. The fourth-order valence-electron chi connectivity index (χ4n) is 2.30. The van der Waals surface area contributed by atoms with E-state index in [2.05, 4.69) is 20.7 Å². The van der Waals surface area contributed by atoms with Gasteiger partial charge in [0.1, 0.15) is 0 Å². The van der Waals surface area contributed by atoms with Crippen molar-refractivity contribution in [3.05, 3.63) is 63.6 Å². The molecule has 0 radical (unpaired) electrons. The predicted octanol–water partition coefficient (Wildman–Crippen LogP) is 4.16. The van der Waals surface area contributed by atoms with E-state index in [4.69, 9.17) is 0 Å². The Labute approximate surface area is 147 Å². The number of halogens is 4. The van der Waals surface area contributed by atoms with E-state index in [0.29, 0.717) is 10.9 Å². The summed E-state index contributed by atoms with van der Waals surface area (Å²) in [6.07, 6.45) is -3.83. The third-order valence-electron chi connectivity index (χ3n) is 3.59. The first-order valence-electron chi connectivity index (χ1n) is 7.02. The van der Waals surface area contributed by atoms with Crippen molar-refractivity contribution in [2.45, 2.75) is 23.9 Å². The smallest absolute Gasteiger partial charge is 0.214 e. The third-order valence-corrected chi connectivity index (χ3v) is 5.74. The molecule has 130 valence electrons. The lowest BCUT2D eigenvalue weighted by Crippen LogP contribution is -2.18. The van der Waals surface area contributed by atoms with E-state index in [1.807, 2.05) is 0 Å². The van der Waals surface area contributed by atoms with Gasteiger partial charge in [-0.15, -0.1) is 0 Å². The number of benzene rings is 2. The molecule has 2 aromatic rings. The van der Waals surface area contributed by atoms with E-state index in [1.165, 1.54) is 31.3 Å². The van der Waals surface area contributed by atoms with Crippen LogP contribution in [-0.2, 0) is 29.0 Å². The lowest BCUT2D eigenvalue weighted by molar-refractivity contribution is -0.138. The SMILES string of the molecule is CNS(=O)(=O)c1ccc(CCc2ccccc2C(F)(F)F)c(Br)c1. The second-order valence-electron chi connectivity index (χ2n) is 5.12. The third kappa shape index (κ3) is 4.37. The van der Waals surface area contributed by atoms with Crippen LogP contribution in [0.3, 0.4) is 0 Å². The van der Waals surface area contributed by atoms with Crippen molar-refractivity contribution in [3.63, 3.8) is 0 Å². The topological polar surface area (TPSA) is 46.2 Å². The zero-order chi connectivity index (χ0) is 18.0. The van der Waals surface area contributed by atoms with Gasteiger partial charge in [-0.05, 0) is 49.2 Å². The second-order valence-corrected chi connectivity index (χ2v) is 7.86. The molecule has 3 nitrogen and oxygen atoms in total. The lowest BCUT2D eigenvalue weighted by atomic mass is 9.99. The molecule has 2 aromatic carbocycles. The molecule has 0 aliphatic carbocycles. The Morgan fingerprint density at radius 2 is 1.67 bits per heavy atom. The van der Waals surface area contributed by atoms with E-state index in [1.54, 1.807) is 12.1 Å². The molecule has 0 saturated carbocycles. The molecule has 0 fully saturated rings. The van der Waals surface area contributed by atoms with Crippen LogP contribution in [0.5, 0.6) is 0 Å². The molecule has 0 amide bonds. The van der Waals surface area contributed by atoms with Crippen LogP contribution in [0, 0.1) is 0 Å². The van der Waals surface area contributed by atoms with Crippen LogP contribution in [0.2, 0.25) is 0 Å². The summed E-state index contributed by atoms with van der Waals surface area (Å²) in [5.41, 5.74) is 0.307. The number of hydrogen-bond acceptors (Lipinski definition) is 2. The van der Waals surface area contributed by atoms with E-state index in [9.17, 15) is 21.6 Å². The molecule has 1 N–H and O–H groups in total. The Balaban J connectivity index is 2.23. The highest BCUT2D eigenvalue weighted by atomic mass is 79.9. The highest BCUT2D eigenvalue weighted by Crippen LogP contribution is 2.32. The van der Waals surface area contributed by atoms with Gasteiger partial charge >= 0.3 is 6.18 Å². The minimum atomic E-state index is -4.39. The molecular formula is C16H15BrF3NO2S. The summed E-state index contributed by atoms with van der Waals surface area (Å²) in [6, 6.07) is 9.92. The van der Waals surface area contributed by atoms with Crippen molar-refractivity contribution < 1.29 is 21.6 Å². The maximum Gasteiger partial charge on any atom is 0.416 e. The van der Waals surface area contributed by atoms with Crippen molar-refractivity contribution in [2.75, 3.05) is 7.05 Å². The van der Waals surface area contributed by atoms with Crippen LogP contribution in [0.15, 0.2) is 51.8 Å². The zero-order valence-corrected chi connectivity index (χ0v) is 15.1. The molecule has 2 rings (SSSR count).